The number of nitrogens with one attached hydrogen (secondary N) is 1. The van der Waals surface area contributed by atoms with Gasteiger partial charge in [0.25, 0.3) is 5.91 Å². The van der Waals surface area contributed by atoms with Gasteiger partial charge in [-0.25, -0.2) is 8.42 Å². The summed E-state index contributed by atoms with van der Waals surface area (Å²) in [7, 11) is -3.71. The molecule has 0 spiro atoms. The number of sulfonamides is 1. The van der Waals surface area contributed by atoms with Gasteiger partial charge in [0.15, 0.2) is 0 Å². The van der Waals surface area contributed by atoms with Gasteiger partial charge in [-0.2, -0.15) is 4.31 Å². The van der Waals surface area contributed by atoms with Crippen LogP contribution in [0.1, 0.15) is 33.9 Å². The molecule has 2 saturated heterocycles. The molecule has 2 aromatic carbocycles. The third-order valence-corrected chi connectivity index (χ3v) is 8.51. The molecule has 0 aromatic heterocycles. The zero-order valence-electron chi connectivity index (χ0n) is 18.5. The topological polar surface area (TPSA) is 88.2 Å². The third kappa shape index (κ3) is 4.50. The van der Waals surface area contributed by atoms with E-state index in [-0.39, 0.29) is 16.8 Å². The molecule has 1 unspecified atom stereocenters. The Morgan fingerprint density at radius 1 is 0.939 bits per heavy atom. The first-order chi connectivity index (χ1) is 16.0. The Labute approximate surface area is 194 Å². The maximum absolute atomic E-state index is 13.5. The zero-order valence-corrected chi connectivity index (χ0v) is 19.4. The molecule has 9 heteroatoms. The second-order valence-corrected chi connectivity index (χ2v) is 10.5. The number of hydrogen-bond acceptors (Lipinski definition) is 6. The number of carbonyl (C=O) groups is 1. The van der Waals surface area contributed by atoms with Gasteiger partial charge in [-0.15, -0.1) is 0 Å². The maximum atomic E-state index is 13.5. The highest BCUT2D eigenvalue weighted by molar-refractivity contribution is 7.89. The van der Waals surface area contributed by atoms with Gasteiger partial charge in [0.05, 0.1) is 42.9 Å². The monoisotopic (exact) mass is 471 g/mol. The predicted molar refractivity (Wildman–Crippen MR) is 124 cm³/mol. The largest absolute Gasteiger partial charge is 0.379 e. The molecule has 176 valence electrons. The highest BCUT2D eigenvalue weighted by Crippen LogP contribution is 2.32. The number of nitrogens with zero attached hydrogens (tertiary/aromatic N) is 2. The number of aryl methyl sites for hydroxylation is 1. The molecular formula is C24H29N3O5S. The van der Waals surface area contributed by atoms with E-state index < -0.39 is 10.0 Å². The van der Waals surface area contributed by atoms with Crippen LogP contribution >= 0.6 is 0 Å². The number of rotatable bonds is 5. The first kappa shape index (κ1) is 22.3. The second kappa shape index (κ2) is 9.42. The lowest BCUT2D eigenvalue weighted by molar-refractivity contribution is 0.0730. The Kier molecular flexibility index (Phi) is 6.38. The smallest absolute Gasteiger partial charge is 0.253 e. The number of hydrogen-bond donors (Lipinski definition) is 1. The molecule has 2 aliphatic heterocycles. The molecule has 8 nitrogen and oxygen atoms in total. The summed E-state index contributed by atoms with van der Waals surface area (Å²) in [6.07, 6.45) is 1.76. The molecule has 5 rings (SSSR count). The molecule has 1 N–H and O–H groups in total. The number of anilines is 1. The number of fused-ring (bicyclic) bond motifs is 1. The summed E-state index contributed by atoms with van der Waals surface area (Å²) >= 11 is 0. The minimum Gasteiger partial charge on any atom is -0.379 e. The van der Waals surface area contributed by atoms with Crippen molar-refractivity contribution in [2.75, 3.05) is 57.5 Å². The summed E-state index contributed by atoms with van der Waals surface area (Å²) in [5.74, 6) is -0.253. The van der Waals surface area contributed by atoms with Gasteiger partial charge in [-0.05, 0) is 42.2 Å². The lowest BCUT2D eigenvalue weighted by Gasteiger charge is -2.31. The molecule has 0 saturated carbocycles. The number of ether oxygens (including phenoxy) is 2. The number of morpholine rings is 2. The first-order valence-electron chi connectivity index (χ1n) is 11.5. The summed E-state index contributed by atoms with van der Waals surface area (Å²) in [5, 5.41) is 3.16. The van der Waals surface area contributed by atoms with Crippen LogP contribution in [0.3, 0.4) is 0 Å². The fourth-order valence-corrected chi connectivity index (χ4v) is 6.25. The summed E-state index contributed by atoms with van der Waals surface area (Å²) in [6, 6.07) is 13.0. The van der Waals surface area contributed by atoms with Crippen LogP contribution in [0.5, 0.6) is 0 Å². The van der Waals surface area contributed by atoms with Crippen LogP contribution in [0, 0.1) is 0 Å². The molecule has 0 bridgehead atoms. The molecule has 2 heterocycles. The zero-order chi connectivity index (χ0) is 22.8. The minimum atomic E-state index is -3.71. The van der Waals surface area contributed by atoms with Crippen LogP contribution in [0.15, 0.2) is 47.4 Å². The molecule has 1 aliphatic carbocycles. The van der Waals surface area contributed by atoms with E-state index in [0.717, 1.165) is 24.1 Å². The van der Waals surface area contributed by atoms with E-state index in [0.29, 0.717) is 58.2 Å². The van der Waals surface area contributed by atoms with E-state index in [1.165, 1.54) is 15.9 Å². The summed E-state index contributed by atoms with van der Waals surface area (Å²) in [6.45, 7) is 3.83. The summed E-state index contributed by atoms with van der Waals surface area (Å²) in [4.78, 5) is 15.8. The van der Waals surface area contributed by atoms with Crippen molar-refractivity contribution in [2.45, 2.75) is 23.8 Å². The van der Waals surface area contributed by atoms with Crippen LogP contribution in [0.25, 0.3) is 0 Å². The highest BCUT2D eigenvalue weighted by atomic mass is 32.2. The molecule has 1 amide bonds. The maximum Gasteiger partial charge on any atom is 0.253 e. The molecule has 0 radical (unpaired) electrons. The van der Waals surface area contributed by atoms with Gasteiger partial charge < -0.3 is 19.7 Å². The van der Waals surface area contributed by atoms with Crippen LogP contribution in [0.4, 0.5) is 5.69 Å². The average molecular weight is 472 g/mol. The Morgan fingerprint density at radius 3 is 2.39 bits per heavy atom. The van der Waals surface area contributed by atoms with Crippen LogP contribution < -0.4 is 10.2 Å². The number of carbonyl (C=O) groups excluding carboxylic acids is 1. The normalized spacial score (nSPS) is 21.6. The van der Waals surface area contributed by atoms with E-state index >= 15 is 0 Å². The summed E-state index contributed by atoms with van der Waals surface area (Å²) < 4.78 is 38.7. The van der Waals surface area contributed by atoms with Crippen LogP contribution in [-0.4, -0.2) is 71.2 Å². The fourth-order valence-electron chi connectivity index (χ4n) is 4.82. The third-order valence-electron chi connectivity index (χ3n) is 6.61. The quantitative estimate of drug-likeness (QED) is 0.717. The Balaban J connectivity index is 1.47. The minimum absolute atomic E-state index is 0.0780. The highest BCUT2D eigenvalue weighted by Gasteiger charge is 2.30. The van der Waals surface area contributed by atoms with Gasteiger partial charge in [0.2, 0.25) is 10.0 Å². The number of benzene rings is 2. The van der Waals surface area contributed by atoms with Crippen LogP contribution in [0.2, 0.25) is 0 Å². The first-order valence-corrected chi connectivity index (χ1v) is 12.9. The van der Waals surface area contributed by atoms with Crippen molar-refractivity contribution >= 4 is 21.6 Å². The van der Waals surface area contributed by atoms with Gasteiger partial charge >= 0.3 is 0 Å². The molecule has 1 atom stereocenters. The Hall–Kier alpha value is -2.46. The van der Waals surface area contributed by atoms with E-state index in [1.54, 1.807) is 12.1 Å². The van der Waals surface area contributed by atoms with E-state index in [9.17, 15) is 13.2 Å². The predicted octanol–water partition coefficient (Wildman–Crippen LogP) is 1.96. The van der Waals surface area contributed by atoms with E-state index in [4.69, 9.17) is 9.47 Å². The lowest BCUT2D eigenvalue weighted by atomic mass is 10.1. The van der Waals surface area contributed by atoms with Gasteiger partial charge in [0, 0.05) is 31.9 Å². The fraction of sp³-hybridized carbons (Fsp3) is 0.458. The van der Waals surface area contributed by atoms with E-state index in [1.807, 2.05) is 12.1 Å². The van der Waals surface area contributed by atoms with Crippen molar-refractivity contribution in [3.63, 3.8) is 0 Å². The van der Waals surface area contributed by atoms with Crippen LogP contribution in [-0.2, 0) is 25.9 Å². The molecule has 3 aliphatic rings. The van der Waals surface area contributed by atoms with Crippen molar-refractivity contribution < 1.29 is 22.7 Å². The van der Waals surface area contributed by atoms with Crippen molar-refractivity contribution in [1.82, 2.24) is 9.62 Å². The molecule has 2 fully saturated rings. The lowest BCUT2D eigenvalue weighted by Crippen LogP contribution is -2.41. The van der Waals surface area contributed by atoms with Crippen molar-refractivity contribution in [3.05, 3.63) is 59.2 Å². The molecule has 33 heavy (non-hydrogen) atoms. The number of amides is 1. The molecular weight excluding hydrogens is 442 g/mol. The Morgan fingerprint density at radius 2 is 1.64 bits per heavy atom. The Bertz CT molecular complexity index is 1120. The van der Waals surface area contributed by atoms with E-state index in [2.05, 4.69) is 22.3 Å². The van der Waals surface area contributed by atoms with Gasteiger partial charge in [-0.1, -0.05) is 24.3 Å². The van der Waals surface area contributed by atoms with Crippen molar-refractivity contribution in [1.29, 1.82) is 0 Å². The molecule has 2 aromatic rings. The van der Waals surface area contributed by atoms with Crippen molar-refractivity contribution in [2.24, 2.45) is 0 Å². The SMILES string of the molecule is O=C(NC1CCc2ccccc21)c1cc(S(=O)(=O)N2CCOCC2)ccc1N1CCOCC1. The second-order valence-electron chi connectivity index (χ2n) is 8.56. The summed E-state index contributed by atoms with van der Waals surface area (Å²) in [5.41, 5.74) is 3.51. The standard InChI is InChI=1S/C24H29N3O5S/c28-24(25-22-7-5-18-3-1-2-4-20(18)22)21-17-19(33(29,30)27-11-15-32-16-12-27)6-8-23(21)26-9-13-31-14-10-26/h1-4,6,8,17,22H,5,7,9-16H2,(H,25,28). The van der Waals surface area contributed by atoms with Gasteiger partial charge in [0.1, 0.15) is 0 Å². The average Bonchev–Trinajstić information content (AvgIpc) is 3.27. The van der Waals surface area contributed by atoms with Crippen molar-refractivity contribution in [3.8, 4) is 0 Å². The van der Waals surface area contributed by atoms with Gasteiger partial charge in [-0.3, -0.25) is 4.79 Å².